The Morgan fingerprint density at radius 3 is 2.50 bits per heavy atom. The fraction of sp³-hybridized carbons (Fsp3) is 0.154. The zero-order valence-corrected chi connectivity index (χ0v) is 13.9. The number of ether oxygens (including phenoxy) is 1. The number of carboxylic acid groups (broad SMARTS) is 1. The number of amides is 1. The second-order valence-corrected chi connectivity index (χ2v) is 5.80. The Kier molecular flexibility index (Phi) is 6.73. The number of methoxy groups -OCH3 is 1. The van der Waals surface area contributed by atoms with E-state index in [-0.39, 0.29) is 11.1 Å². The molecule has 1 aliphatic heterocycles. The van der Waals surface area contributed by atoms with E-state index in [1.165, 1.54) is 7.11 Å². The summed E-state index contributed by atoms with van der Waals surface area (Å²) in [6, 6.07) is 3.22. The van der Waals surface area contributed by atoms with Crippen molar-refractivity contribution in [2.45, 2.75) is 6.92 Å². The first-order valence-electron chi connectivity index (χ1n) is 5.75. The van der Waals surface area contributed by atoms with Crippen LogP contribution in [-0.2, 0) is 9.59 Å². The summed E-state index contributed by atoms with van der Waals surface area (Å²) in [7, 11) is 1.49. The molecule has 6 nitrogen and oxygen atoms in total. The quantitative estimate of drug-likeness (QED) is 0.783. The Morgan fingerprint density at radius 2 is 2.05 bits per heavy atom. The Morgan fingerprint density at radius 1 is 1.45 bits per heavy atom. The maximum Gasteiger partial charge on any atom is 0.300 e. The van der Waals surface area contributed by atoms with Crippen molar-refractivity contribution in [3.05, 3.63) is 32.6 Å². The van der Waals surface area contributed by atoms with Crippen molar-refractivity contribution in [1.82, 2.24) is 0 Å². The fourth-order valence-electron chi connectivity index (χ4n) is 1.47. The van der Waals surface area contributed by atoms with E-state index in [1.54, 1.807) is 18.2 Å². The second-order valence-electron chi connectivity index (χ2n) is 3.89. The molecule has 3 N–H and O–H groups in total. The number of nitrogens with zero attached hydrogens (tertiary/aromatic N) is 1. The third-order valence-electron chi connectivity index (χ3n) is 2.16. The van der Waals surface area contributed by atoms with Crippen LogP contribution in [-0.4, -0.2) is 29.3 Å². The molecule has 0 spiro atoms. The molecule has 0 atom stereocenters. The van der Waals surface area contributed by atoms with Gasteiger partial charge < -0.3 is 15.6 Å². The molecule has 0 radical (unpaired) electrons. The third kappa shape index (κ3) is 5.25. The van der Waals surface area contributed by atoms with Gasteiger partial charge in [0.1, 0.15) is 5.75 Å². The van der Waals surface area contributed by atoms with Gasteiger partial charge in [0, 0.05) is 17.5 Å². The molecule has 9 heteroatoms. The summed E-state index contributed by atoms with van der Waals surface area (Å²) in [5.41, 5.74) is 6.07. The first kappa shape index (κ1) is 18.3. The van der Waals surface area contributed by atoms with Gasteiger partial charge in [-0.25, -0.2) is 0 Å². The lowest BCUT2D eigenvalue weighted by atomic mass is 10.2. The van der Waals surface area contributed by atoms with Gasteiger partial charge in [-0.1, -0.05) is 23.2 Å². The van der Waals surface area contributed by atoms with E-state index < -0.39 is 5.97 Å². The first-order chi connectivity index (χ1) is 10.2. The number of nitrogens with two attached hydrogens (primary N) is 1. The molecule has 0 saturated heterocycles. The predicted molar refractivity (Wildman–Crippen MR) is 88.5 cm³/mol. The van der Waals surface area contributed by atoms with Gasteiger partial charge in [-0.05, 0) is 30.0 Å². The number of halogens is 2. The van der Waals surface area contributed by atoms with Gasteiger partial charge in [-0.3, -0.25) is 9.59 Å². The summed E-state index contributed by atoms with van der Waals surface area (Å²) in [4.78, 5) is 24.5. The number of rotatable bonds is 2. The maximum atomic E-state index is 11.5. The monoisotopic (exact) mass is 362 g/mol. The van der Waals surface area contributed by atoms with Gasteiger partial charge in [0.05, 0.1) is 17.0 Å². The average Bonchev–Trinajstić information content (AvgIpc) is 2.66. The van der Waals surface area contributed by atoms with Crippen molar-refractivity contribution in [2.24, 2.45) is 10.7 Å². The minimum atomic E-state index is -0.833. The van der Waals surface area contributed by atoms with Gasteiger partial charge in [-0.15, -0.1) is 0 Å². The molecule has 0 unspecified atom stereocenters. The normalized spacial score (nSPS) is 15.2. The van der Waals surface area contributed by atoms with Crippen molar-refractivity contribution < 1.29 is 19.4 Å². The van der Waals surface area contributed by atoms with Crippen LogP contribution in [0.4, 0.5) is 0 Å². The van der Waals surface area contributed by atoms with Crippen molar-refractivity contribution >= 4 is 58.1 Å². The van der Waals surface area contributed by atoms with Gasteiger partial charge in [0.2, 0.25) is 0 Å². The van der Waals surface area contributed by atoms with Crippen molar-refractivity contribution in [2.75, 3.05) is 7.11 Å². The number of carbonyl (C=O) groups excluding carboxylic acids is 1. The largest absolute Gasteiger partial charge is 0.495 e. The minimum Gasteiger partial charge on any atom is -0.495 e. The highest BCUT2D eigenvalue weighted by Gasteiger charge is 2.20. The van der Waals surface area contributed by atoms with Crippen molar-refractivity contribution in [3.63, 3.8) is 0 Å². The zero-order valence-electron chi connectivity index (χ0n) is 11.6. The molecule has 1 aliphatic rings. The second kappa shape index (κ2) is 8.07. The SMILES string of the molecule is CC(=O)O.COc1c(Cl)cc(Cl)cc1/C=C1/SC(N)=NC1=O. The smallest absolute Gasteiger partial charge is 0.300 e. The Labute approximate surface area is 140 Å². The van der Waals surface area contributed by atoms with Crippen molar-refractivity contribution in [1.29, 1.82) is 0 Å². The standard InChI is InChI=1S/C11H8Cl2N2O2S.C2H4O2/c1-17-9-5(2-6(12)4-7(9)13)3-8-10(16)15-11(14)18-8;1-2(3)4/h2-4H,1H3,(H2,14,15,16);1H3,(H,3,4)/b8-3+;. The van der Waals surface area contributed by atoms with Crippen LogP contribution < -0.4 is 10.5 Å². The minimum absolute atomic E-state index is 0.221. The molecule has 0 saturated carbocycles. The molecule has 2 rings (SSSR count). The van der Waals surface area contributed by atoms with E-state index in [2.05, 4.69) is 4.99 Å². The Balaban J connectivity index is 0.000000541. The van der Waals surface area contributed by atoms with Crippen LogP contribution in [0.3, 0.4) is 0 Å². The lowest BCUT2D eigenvalue weighted by Crippen LogP contribution is -2.01. The molecule has 1 amide bonds. The molecular formula is C13H12Cl2N2O4S. The molecule has 0 bridgehead atoms. The van der Waals surface area contributed by atoms with E-state index in [1.807, 2.05) is 0 Å². The molecule has 1 aromatic rings. The van der Waals surface area contributed by atoms with E-state index in [0.717, 1.165) is 18.7 Å². The Hall–Kier alpha value is -1.70. The summed E-state index contributed by atoms with van der Waals surface area (Å²) < 4.78 is 5.18. The van der Waals surface area contributed by atoms with Gasteiger partial charge in [-0.2, -0.15) is 4.99 Å². The van der Waals surface area contributed by atoms with E-state index in [9.17, 15) is 4.79 Å². The fourth-order valence-corrected chi connectivity index (χ4v) is 2.73. The Bertz CT molecular complexity index is 670. The zero-order chi connectivity index (χ0) is 16.9. The van der Waals surface area contributed by atoms with Crippen LogP contribution in [0.2, 0.25) is 10.0 Å². The number of carbonyl (C=O) groups is 2. The topological polar surface area (TPSA) is 102 Å². The number of hydrogen-bond acceptors (Lipinski definition) is 5. The number of amidine groups is 1. The summed E-state index contributed by atoms with van der Waals surface area (Å²) in [6.07, 6.45) is 1.60. The number of aliphatic carboxylic acids is 1. The number of thioether (sulfide) groups is 1. The van der Waals surface area contributed by atoms with Crippen LogP contribution in [0, 0.1) is 0 Å². The van der Waals surface area contributed by atoms with E-state index in [4.69, 9.17) is 43.6 Å². The average molecular weight is 363 g/mol. The van der Waals surface area contributed by atoms with E-state index >= 15 is 0 Å². The summed E-state index contributed by atoms with van der Waals surface area (Å²) in [5.74, 6) is -0.761. The summed E-state index contributed by atoms with van der Waals surface area (Å²) in [6.45, 7) is 1.08. The predicted octanol–water partition coefficient (Wildman–Crippen LogP) is 3.02. The number of aliphatic imine (C=N–C) groups is 1. The van der Waals surface area contributed by atoms with Crippen LogP contribution in [0.5, 0.6) is 5.75 Å². The molecular weight excluding hydrogens is 351 g/mol. The highest BCUT2D eigenvalue weighted by molar-refractivity contribution is 8.18. The molecule has 1 aromatic carbocycles. The van der Waals surface area contributed by atoms with Gasteiger partial charge in [0.15, 0.2) is 5.17 Å². The lowest BCUT2D eigenvalue weighted by Gasteiger charge is -2.08. The molecule has 0 aliphatic carbocycles. The molecule has 22 heavy (non-hydrogen) atoms. The molecule has 1 heterocycles. The van der Waals surface area contributed by atoms with Gasteiger partial charge >= 0.3 is 0 Å². The lowest BCUT2D eigenvalue weighted by molar-refractivity contribution is -0.134. The number of hydrogen-bond donors (Lipinski definition) is 2. The number of carboxylic acids is 1. The van der Waals surface area contributed by atoms with Gasteiger partial charge in [0.25, 0.3) is 11.9 Å². The maximum absolute atomic E-state index is 11.5. The highest BCUT2D eigenvalue weighted by Crippen LogP contribution is 2.35. The molecule has 118 valence electrons. The van der Waals surface area contributed by atoms with Crippen LogP contribution >= 0.6 is 35.0 Å². The highest BCUT2D eigenvalue weighted by atomic mass is 35.5. The third-order valence-corrected chi connectivity index (χ3v) is 3.48. The summed E-state index contributed by atoms with van der Waals surface area (Å²) >= 11 is 13.0. The first-order valence-corrected chi connectivity index (χ1v) is 7.32. The molecule has 0 fully saturated rings. The van der Waals surface area contributed by atoms with Crippen LogP contribution in [0.1, 0.15) is 12.5 Å². The number of benzene rings is 1. The summed E-state index contributed by atoms with van der Waals surface area (Å²) in [5, 5.41) is 8.47. The van der Waals surface area contributed by atoms with Crippen LogP contribution in [0.25, 0.3) is 6.08 Å². The molecule has 0 aromatic heterocycles. The van der Waals surface area contributed by atoms with E-state index in [0.29, 0.717) is 26.3 Å². The van der Waals surface area contributed by atoms with Crippen molar-refractivity contribution in [3.8, 4) is 5.75 Å². The van der Waals surface area contributed by atoms with Crippen LogP contribution in [0.15, 0.2) is 22.0 Å².